The number of carboxylic acid groups (broad SMARTS) is 1. The van der Waals surface area contributed by atoms with Crippen LogP contribution in [-0.2, 0) is 33.6 Å². The first-order valence-corrected chi connectivity index (χ1v) is 10.2. The number of aliphatic carboxylic acids is 1. The summed E-state index contributed by atoms with van der Waals surface area (Å²) in [5.41, 5.74) is 4.06. The van der Waals surface area contributed by atoms with Gasteiger partial charge in [-0.25, -0.2) is 0 Å². The van der Waals surface area contributed by atoms with Crippen LogP contribution < -0.4 is 10.1 Å². The van der Waals surface area contributed by atoms with Crippen LogP contribution in [0.3, 0.4) is 0 Å². The molecule has 2 aromatic rings. The number of methoxy groups -OCH3 is 1. The fourth-order valence-electron chi connectivity index (χ4n) is 3.18. The SMILES string of the molecule is COCCOc1cc(CC(C)C(=O)O)ccc1CCCc1ccc(NC(C)=O)cc1. The van der Waals surface area contributed by atoms with E-state index in [4.69, 9.17) is 14.6 Å². The van der Waals surface area contributed by atoms with Crippen LogP contribution in [0.25, 0.3) is 0 Å². The topological polar surface area (TPSA) is 84.9 Å². The van der Waals surface area contributed by atoms with Crippen LogP contribution in [0.2, 0.25) is 0 Å². The normalized spacial score (nSPS) is 11.7. The third-order valence-corrected chi connectivity index (χ3v) is 4.83. The predicted octanol–water partition coefficient (Wildman–Crippen LogP) is 4.11. The minimum absolute atomic E-state index is 0.0788. The molecule has 2 aromatic carbocycles. The first-order valence-electron chi connectivity index (χ1n) is 10.2. The molecule has 0 aliphatic heterocycles. The van der Waals surface area contributed by atoms with Crippen molar-refractivity contribution in [3.63, 3.8) is 0 Å². The molecule has 1 unspecified atom stereocenters. The quantitative estimate of drug-likeness (QED) is 0.512. The van der Waals surface area contributed by atoms with Gasteiger partial charge in [0.1, 0.15) is 12.4 Å². The molecule has 0 aliphatic carbocycles. The number of benzene rings is 2. The summed E-state index contributed by atoms with van der Waals surface area (Å²) < 4.78 is 11.0. The number of ether oxygens (including phenoxy) is 2. The molecule has 0 aromatic heterocycles. The number of rotatable bonds is 12. The molecule has 30 heavy (non-hydrogen) atoms. The summed E-state index contributed by atoms with van der Waals surface area (Å²) in [6.07, 6.45) is 3.18. The summed E-state index contributed by atoms with van der Waals surface area (Å²) in [6.45, 7) is 4.15. The van der Waals surface area contributed by atoms with Gasteiger partial charge in [0.05, 0.1) is 12.5 Å². The van der Waals surface area contributed by atoms with Crippen LogP contribution in [0.1, 0.15) is 37.0 Å². The van der Waals surface area contributed by atoms with Crippen LogP contribution >= 0.6 is 0 Å². The summed E-state index contributed by atoms with van der Waals surface area (Å²) in [4.78, 5) is 22.3. The van der Waals surface area contributed by atoms with Gasteiger partial charge in [-0.05, 0) is 60.6 Å². The van der Waals surface area contributed by atoms with Crippen molar-refractivity contribution in [1.82, 2.24) is 0 Å². The van der Waals surface area contributed by atoms with Gasteiger partial charge in [0.15, 0.2) is 0 Å². The number of carbonyl (C=O) groups excluding carboxylic acids is 1. The highest BCUT2D eigenvalue weighted by Gasteiger charge is 2.13. The summed E-state index contributed by atoms with van der Waals surface area (Å²) in [5.74, 6) is -0.526. The molecular formula is C24H31NO5. The molecule has 2 N–H and O–H groups in total. The zero-order valence-electron chi connectivity index (χ0n) is 17.9. The van der Waals surface area contributed by atoms with E-state index in [0.29, 0.717) is 19.6 Å². The molecule has 0 radical (unpaired) electrons. The first kappa shape index (κ1) is 23.4. The van der Waals surface area contributed by atoms with Crippen molar-refractivity contribution in [3.8, 4) is 5.75 Å². The summed E-state index contributed by atoms with van der Waals surface area (Å²) in [7, 11) is 1.63. The lowest BCUT2D eigenvalue weighted by Crippen LogP contribution is -2.13. The van der Waals surface area contributed by atoms with Crippen molar-refractivity contribution in [1.29, 1.82) is 0 Å². The second kappa shape index (κ2) is 12.0. The standard InChI is InChI=1S/C24H31NO5/c1-17(24(27)28)15-20-7-10-21(23(16-20)30-14-13-29-3)6-4-5-19-8-11-22(12-9-19)25-18(2)26/h7-12,16-17H,4-6,13-15H2,1-3H3,(H,25,26)(H,27,28). The molecular weight excluding hydrogens is 382 g/mol. The molecule has 1 atom stereocenters. The summed E-state index contributed by atoms with van der Waals surface area (Å²) in [6, 6.07) is 13.8. The van der Waals surface area contributed by atoms with Crippen molar-refractivity contribution >= 4 is 17.6 Å². The van der Waals surface area contributed by atoms with Gasteiger partial charge in [0.25, 0.3) is 0 Å². The summed E-state index contributed by atoms with van der Waals surface area (Å²) >= 11 is 0. The maximum absolute atomic E-state index is 11.1. The minimum Gasteiger partial charge on any atom is -0.491 e. The fraction of sp³-hybridized carbons (Fsp3) is 0.417. The second-order valence-electron chi connectivity index (χ2n) is 7.46. The molecule has 0 spiro atoms. The van der Waals surface area contributed by atoms with Gasteiger partial charge in [0.2, 0.25) is 5.91 Å². The lowest BCUT2D eigenvalue weighted by atomic mass is 9.97. The smallest absolute Gasteiger partial charge is 0.306 e. The minimum atomic E-state index is -0.801. The Balaban J connectivity index is 2.00. The van der Waals surface area contributed by atoms with Crippen LogP contribution in [0.4, 0.5) is 5.69 Å². The highest BCUT2D eigenvalue weighted by molar-refractivity contribution is 5.88. The zero-order valence-corrected chi connectivity index (χ0v) is 17.9. The molecule has 0 aliphatic rings. The summed E-state index contributed by atoms with van der Waals surface area (Å²) in [5, 5.41) is 11.9. The van der Waals surface area contributed by atoms with E-state index in [1.54, 1.807) is 14.0 Å². The lowest BCUT2D eigenvalue weighted by molar-refractivity contribution is -0.141. The largest absolute Gasteiger partial charge is 0.491 e. The molecule has 162 valence electrons. The van der Waals surface area contributed by atoms with E-state index in [9.17, 15) is 9.59 Å². The highest BCUT2D eigenvalue weighted by Crippen LogP contribution is 2.24. The molecule has 0 bridgehead atoms. The Morgan fingerprint density at radius 3 is 2.37 bits per heavy atom. The van der Waals surface area contributed by atoms with Crippen LogP contribution in [0, 0.1) is 5.92 Å². The number of aryl methyl sites for hydroxylation is 2. The molecule has 0 saturated carbocycles. The number of hydrogen-bond acceptors (Lipinski definition) is 4. The van der Waals surface area contributed by atoms with E-state index < -0.39 is 11.9 Å². The number of amides is 1. The molecule has 6 nitrogen and oxygen atoms in total. The number of carbonyl (C=O) groups is 2. The van der Waals surface area contributed by atoms with Crippen molar-refractivity contribution in [2.45, 2.75) is 39.5 Å². The Bertz CT molecular complexity index is 832. The fourth-order valence-corrected chi connectivity index (χ4v) is 3.18. The predicted molar refractivity (Wildman–Crippen MR) is 117 cm³/mol. The van der Waals surface area contributed by atoms with E-state index in [2.05, 4.69) is 5.32 Å². The number of carboxylic acids is 1. The number of anilines is 1. The zero-order chi connectivity index (χ0) is 21.9. The van der Waals surface area contributed by atoms with E-state index in [-0.39, 0.29) is 5.91 Å². The van der Waals surface area contributed by atoms with Gasteiger partial charge in [-0.3, -0.25) is 9.59 Å². The Kier molecular flexibility index (Phi) is 9.35. The highest BCUT2D eigenvalue weighted by atomic mass is 16.5. The van der Waals surface area contributed by atoms with Gasteiger partial charge in [0, 0.05) is 19.7 Å². The molecule has 6 heteroatoms. The van der Waals surface area contributed by atoms with E-state index in [1.165, 1.54) is 12.5 Å². The Morgan fingerprint density at radius 1 is 1.03 bits per heavy atom. The second-order valence-corrected chi connectivity index (χ2v) is 7.46. The van der Waals surface area contributed by atoms with E-state index in [0.717, 1.165) is 41.8 Å². The Labute approximate surface area is 178 Å². The van der Waals surface area contributed by atoms with Crippen molar-refractivity contribution in [2.75, 3.05) is 25.6 Å². The van der Waals surface area contributed by atoms with Gasteiger partial charge < -0.3 is 19.9 Å². The first-order chi connectivity index (χ1) is 14.4. The van der Waals surface area contributed by atoms with Gasteiger partial charge >= 0.3 is 5.97 Å². The number of hydrogen-bond donors (Lipinski definition) is 2. The van der Waals surface area contributed by atoms with Crippen LogP contribution in [0.5, 0.6) is 5.75 Å². The van der Waals surface area contributed by atoms with E-state index >= 15 is 0 Å². The van der Waals surface area contributed by atoms with Gasteiger partial charge in [-0.2, -0.15) is 0 Å². The molecule has 0 heterocycles. The number of nitrogens with one attached hydrogen (secondary N) is 1. The third kappa shape index (κ3) is 7.87. The maximum atomic E-state index is 11.1. The van der Waals surface area contributed by atoms with Crippen LogP contribution in [0.15, 0.2) is 42.5 Å². The van der Waals surface area contributed by atoms with Gasteiger partial charge in [-0.15, -0.1) is 0 Å². The lowest BCUT2D eigenvalue weighted by Gasteiger charge is -2.14. The maximum Gasteiger partial charge on any atom is 0.306 e. The van der Waals surface area contributed by atoms with E-state index in [1.807, 2.05) is 42.5 Å². The molecule has 0 fully saturated rings. The van der Waals surface area contributed by atoms with Crippen molar-refractivity contribution in [2.24, 2.45) is 5.92 Å². The third-order valence-electron chi connectivity index (χ3n) is 4.83. The molecule has 0 saturated heterocycles. The van der Waals surface area contributed by atoms with Crippen molar-refractivity contribution in [3.05, 3.63) is 59.2 Å². The Hall–Kier alpha value is -2.86. The van der Waals surface area contributed by atoms with Crippen molar-refractivity contribution < 1.29 is 24.2 Å². The monoisotopic (exact) mass is 413 g/mol. The van der Waals surface area contributed by atoms with Crippen LogP contribution in [-0.4, -0.2) is 37.3 Å². The molecule has 1 amide bonds. The average molecular weight is 414 g/mol. The van der Waals surface area contributed by atoms with Gasteiger partial charge in [-0.1, -0.05) is 31.2 Å². The Morgan fingerprint density at radius 2 is 1.73 bits per heavy atom. The average Bonchev–Trinajstić information content (AvgIpc) is 2.70. The molecule has 2 rings (SSSR count).